The second-order valence-corrected chi connectivity index (χ2v) is 10.0. The van der Waals surface area contributed by atoms with Crippen LogP contribution in [0.5, 0.6) is 0 Å². The molecule has 3 atom stereocenters. The number of carbonyl (C=O) groups is 6. The molecule has 0 aromatic carbocycles. The number of rotatable bonds is 9. The minimum absolute atomic E-state index is 0.0828. The molecule has 1 heterocycles. The van der Waals surface area contributed by atoms with Crippen LogP contribution in [0.3, 0.4) is 0 Å². The van der Waals surface area contributed by atoms with E-state index in [1.54, 1.807) is 0 Å². The molecular formula is C26H47N11O6. The Kier molecular flexibility index (Phi) is 18.5. The van der Waals surface area contributed by atoms with E-state index in [2.05, 4.69) is 36.6 Å². The summed E-state index contributed by atoms with van der Waals surface area (Å²) < 4.78 is 0. The van der Waals surface area contributed by atoms with E-state index in [0.717, 1.165) is 6.21 Å². The fourth-order valence-electron chi connectivity index (χ4n) is 4.09. The first-order valence-corrected chi connectivity index (χ1v) is 14.6. The van der Waals surface area contributed by atoms with E-state index in [4.69, 9.17) is 22.9 Å². The molecule has 0 saturated heterocycles. The molecule has 6 amide bonds. The highest BCUT2D eigenvalue weighted by Crippen LogP contribution is 2.07. The van der Waals surface area contributed by atoms with Crippen molar-refractivity contribution in [3.8, 4) is 0 Å². The molecule has 242 valence electrons. The molecule has 0 unspecified atom stereocenters. The van der Waals surface area contributed by atoms with Crippen molar-refractivity contribution < 1.29 is 28.8 Å². The largest absolute Gasteiger partial charge is 0.370 e. The van der Waals surface area contributed by atoms with Crippen LogP contribution in [0.4, 0.5) is 0 Å². The minimum Gasteiger partial charge on any atom is -0.370 e. The van der Waals surface area contributed by atoms with Crippen LogP contribution < -0.4 is 49.5 Å². The number of nitrogens with one attached hydrogen (secondary N) is 5. The first-order chi connectivity index (χ1) is 20.6. The Morgan fingerprint density at radius 2 is 1.44 bits per heavy atom. The van der Waals surface area contributed by atoms with Crippen molar-refractivity contribution in [2.45, 2.75) is 82.3 Å². The summed E-state index contributed by atoms with van der Waals surface area (Å²) in [6, 6.07) is -2.82. The zero-order valence-corrected chi connectivity index (χ0v) is 24.6. The number of unbranched alkanes of at least 4 members (excludes halogenated alkanes) is 2. The van der Waals surface area contributed by atoms with Gasteiger partial charge in [0.05, 0.1) is 12.8 Å². The molecule has 1 rings (SSSR count). The second-order valence-electron chi connectivity index (χ2n) is 10.0. The van der Waals surface area contributed by atoms with Crippen molar-refractivity contribution in [1.82, 2.24) is 26.6 Å². The highest BCUT2D eigenvalue weighted by Gasteiger charge is 2.26. The SMILES string of the molecule is NCCCC[C@@H]1NC(=O)C=NC(=O)CCNC(=O)CNC(=O)[C@H](N=C(N)N)CCCCNC(=O)[C@H](CCCCN)NC1=O. The number of hydrogen-bond donors (Lipinski definition) is 9. The number of amides is 6. The molecule has 0 bridgehead atoms. The van der Waals surface area contributed by atoms with Crippen molar-refractivity contribution in [1.29, 1.82) is 0 Å². The zero-order chi connectivity index (χ0) is 32.0. The molecule has 0 aromatic rings. The number of nitrogens with zero attached hydrogens (tertiary/aromatic N) is 2. The molecule has 43 heavy (non-hydrogen) atoms. The standard InChI is InChI=1S/C26H47N11O6/c27-11-4-1-7-17-23(41)32-13-6-3-9-18(37-26(29)30)24(42)34-15-21(39)31-14-10-20(38)33-16-22(40)35-19(25(43)36-17)8-2-5-12-28/h16-19H,1-15,27-28H2,(H,31,39)(H,32,41)(H,34,42)(H,35,40)(H,36,43)(H4,29,30,37)/t17-,18+,19-/m0/s1. The monoisotopic (exact) mass is 609 g/mol. The molecule has 13 N–H and O–H groups in total. The minimum atomic E-state index is -0.996. The summed E-state index contributed by atoms with van der Waals surface area (Å²) in [4.78, 5) is 83.0. The summed E-state index contributed by atoms with van der Waals surface area (Å²) >= 11 is 0. The van der Waals surface area contributed by atoms with E-state index in [1.165, 1.54) is 0 Å². The molecule has 0 aromatic heterocycles. The molecule has 0 radical (unpaired) electrons. The van der Waals surface area contributed by atoms with E-state index in [-0.39, 0.29) is 44.9 Å². The lowest BCUT2D eigenvalue weighted by atomic mass is 10.1. The summed E-state index contributed by atoms with van der Waals surface area (Å²) in [6.45, 7) is 0.619. The molecule has 1 aliphatic rings. The first kappa shape index (κ1) is 36.9. The third-order valence-electron chi connectivity index (χ3n) is 6.38. The van der Waals surface area contributed by atoms with Crippen LogP contribution in [0.2, 0.25) is 0 Å². The van der Waals surface area contributed by atoms with Crippen LogP contribution in [0.25, 0.3) is 0 Å². The lowest BCUT2D eigenvalue weighted by molar-refractivity contribution is -0.131. The van der Waals surface area contributed by atoms with Gasteiger partial charge >= 0.3 is 0 Å². The van der Waals surface area contributed by atoms with Gasteiger partial charge in [-0.15, -0.1) is 0 Å². The summed E-state index contributed by atoms with van der Waals surface area (Å²) in [5, 5.41) is 13.0. The van der Waals surface area contributed by atoms with Crippen molar-refractivity contribution in [3.05, 3.63) is 0 Å². The molecule has 17 heteroatoms. The quantitative estimate of drug-likeness (QED) is 0.0702. The van der Waals surface area contributed by atoms with E-state index in [0.29, 0.717) is 58.0 Å². The van der Waals surface area contributed by atoms with Crippen molar-refractivity contribution >= 4 is 47.6 Å². The van der Waals surface area contributed by atoms with Gasteiger partial charge in [-0.05, 0) is 70.9 Å². The Morgan fingerprint density at radius 3 is 2.07 bits per heavy atom. The third kappa shape index (κ3) is 16.8. The van der Waals surface area contributed by atoms with E-state index >= 15 is 0 Å². The van der Waals surface area contributed by atoms with E-state index < -0.39 is 53.6 Å². The number of aliphatic imine (C=N–C) groups is 2. The number of carbonyl (C=O) groups excluding carboxylic acids is 6. The predicted octanol–water partition coefficient (Wildman–Crippen LogP) is -3.62. The number of nitrogens with two attached hydrogens (primary N) is 4. The maximum atomic E-state index is 13.2. The van der Waals surface area contributed by atoms with Crippen LogP contribution in [-0.2, 0) is 28.8 Å². The maximum absolute atomic E-state index is 13.2. The Hall–Kier alpha value is -4.12. The van der Waals surface area contributed by atoms with Gasteiger partial charge in [-0.2, -0.15) is 0 Å². The molecule has 0 fully saturated rings. The summed E-state index contributed by atoms with van der Waals surface area (Å²) in [6.07, 6.45) is 4.70. The van der Waals surface area contributed by atoms with E-state index in [9.17, 15) is 28.8 Å². The highest BCUT2D eigenvalue weighted by molar-refractivity contribution is 6.28. The van der Waals surface area contributed by atoms with Crippen LogP contribution in [0.15, 0.2) is 9.98 Å². The smallest absolute Gasteiger partial charge is 0.263 e. The van der Waals surface area contributed by atoms with Gasteiger partial charge in [0, 0.05) is 19.5 Å². The predicted molar refractivity (Wildman–Crippen MR) is 160 cm³/mol. The third-order valence-corrected chi connectivity index (χ3v) is 6.38. The van der Waals surface area contributed by atoms with Gasteiger partial charge in [0.2, 0.25) is 29.5 Å². The van der Waals surface area contributed by atoms with Gasteiger partial charge in [0.15, 0.2) is 5.96 Å². The molecule has 17 nitrogen and oxygen atoms in total. The molecule has 0 aliphatic carbocycles. The fraction of sp³-hybridized carbons (Fsp3) is 0.692. The van der Waals surface area contributed by atoms with Gasteiger partial charge in [-0.25, -0.2) is 9.98 Å². The van der Waals surface area contributed by atoms with Crippen LogP contribution in [0, 0.1) is 0 Å². The molecular weight excluding hydrogens is 562 g/mol. The van der Waals surface area contributed by atoms with Crippen LogP contribution in [-0.4, -0.2) is 98.5 Å². The second kappa shape index (κ2) is 21.6. The summed E-state index contributed by atoms with van der Waals surface area (Å²) in [7, 11) is 0. The Balaban J connectivity index is 3.11. The topological polar surface area (TPSA) is 291 Å². The summed E-state index contributed by atoms with van der Waals surface area (Å²) in [5.41, 5.74) is 22.1. The van der Waals surface area contributed by atoms with Crippen molar-refractivity contribution in [2.75, 3.05) is 32.7 Å². The molecule has 0 spiro atoms. The van der Waals surface area contributed by atoms with Crippen LogP contribution in [0.1, 0.15) is 64.2 Å². The number of hydrogen-bond acceptors (Lipinski definition) is 9. The lowest BCUT2D eigenvalue weighted by Crippen LogP contribution is -2.54. The maximum Gasteiger partial charge on any atom is 0.263 e. The van der Waals surface area contributed by atoms with Crippen molar-refractivity contribution in [3.63, 3.8) is 0 Å². The lowest BCUT2D eigenvalue weighted by Gasteiger charge is -2.23. The van der Waals surface area contributed by atoms with Crippen molar-refractivity contribution in [2.24, 2.45) is 32.9 Å². The van der Waals surface area contributed by atoms with Gasteiger partial charge in [0.1, 0.15) is 18.1 Å². The van der Waals surface area contributed by atoms with Crippen LogP contribution >= 0.6 is 0 Å². The number of guanidine groups is 1. The average molecular weight is 610 g/mol. The van der Waals surface area contributed by atoms with Gasteiger partial charge in [-0.1, -0.05) is 0 Å². The van der Waals surface area contributed by atoms with Gasteiger partial charge in [0.25, 0.3) is 5.91 Å². The van der Waals surface area contributed by atoms with Gasteiger partial charge in [-0.3, -0.25) is 28.8 Å². The molecule has 1 aliphatic heterocycles. The molecule has 0 saturated carbocycles. The highest BCUT2D eigenvalue weighted by atomic mass is 16.2. The Morgan fingerprint density at radius 1 is 0.791 bits per heavy atom. The average Bonchev–Trinajstić information content (AvgIpc) is 2.96. The Bertz CT molecular complexity index is 1000. The van der Waals surface area contributed by atoms with Gasteiger partial charge < -0.3 is 49.5 Å². The Labute approximate surface area is 251 Å². The zero-order valence-electron chi connectivity index (χ0n) is 24.6. The first-order valence-electron chi connectivity index (χ1n) is 14.6. The van der Waals surface area contributed by atoms with E-state index in [1.807, 2.05) is 0 Å². The normalized spacial score (nSPS) is 22.4. The fourth-order valence-corrected chi connectivity index (χ4v) is 4.09. The summed E-state index contributed by atoms with van der Waals surface area (Å²) in [5.74, 6) is -3.85.